The number of halogens is 3. The molecule has 154 valence electrons. The number of nitrogens with one attached hydrogen (secondary N) is 1. The minimum atomic E-state index is -4.78. The highest BCUT2D eigenvalue weighted by molar-refractivity contribution is 6.05. The highest BCUT2D eigenvalue weighted by atomic mass is 19.4. The maximum atomic E-state index is 12.4. The lowest BCUT2D eigenvalue weighted by molar-refractivity contribution is -0.148. The topological polar surface area (TPSA) is 109 Å². The van der Waals surface area contributed by atoms with E-state index >= 15 is 0 Å². The lowest BCUT2D eigenvalue weighted by Crippen LogP contribution is -2.32. The Hall–Kier alpha value is -3.36. The molecule has 0 aromatic heterocycles. The summed E-state index contributed by atoms with van der Waals surface area (Å²) in [5.41, 5.74) is 5.59. The number of aliphatic carboxylic acids is 1. The number of rotatable bonds is 6. The molecule has 0 amide bonds. The molecule has 4 N–H and O–H groups in total. The van der Waals surface area contributed by atoms with Crippen molar-refractivity contribution in [1.29, 1.82) is 5.41 Å². The van der Waals surface area contributed by atoms with E-state index in [1.165, 1.54) is 12.1 Å². The van der Waals surface area contributed by atoms with Gasteiger partial charge in [-0.3, -0.25) is 10.2 Å². The molecular formula is C20H20F3N3O3. The van der Waals surface area contributed by atoms with Crippen LogP contribution in [-0.2, 0) is 4.79 Å². The third kappa shape index (κ3) is 5.81. The average molecular weight is 407 g/mol. The second kappa shape index (κ2) is 8.34. The first-order valence-corrected chi connectivity index (χ1v) is 8.47. The second-order valence-electron chi connectivity index (χ2n) is 6.92. The van der Waals surface area contributed by atoms with Gasteiger partial charge in [0.05, 0.1) is 5.41 Å². The molecule has 0 aliphatic rings. The number of hydrogen-bond donors (Lipinski definition) is 3. The summed E-state index contributed by atoms with van der Waals surface area (Å²) in [5.74, 6) is -2.61. The van der Waals surface area contributed by atoms with Gasteiger partial charge in [0.25, 0.3) is 0 Å². The summed E-state index contributed by atoms with van der Waals surface area (Å²) in [7, 11) is 0. The summed E-state index contributed by atoms with van der Waals surface area (Å²) in [5, 5.41) is 16.7. The van der Waals surface area contributed by atoms with Crippen LogP contribution < -0.4 is 10.5 Å². The summed E-state index contributed by atoms with van der Waals surface area (Å²) < 4.78 is 42.7. The van der Waals surface area contributed by atoms with Gasteiger partial charge < -0.3 is 15.6 Å². The number of nitrogens with zero attached hydrogens (tertiary/aromatic N) is 1. The fourth-order valence-electron chi connectivity index (χ4n) is 2.14. The Morgan fingerprint density at radius 1 is 1.07 bits per heavy atom. The Labute approximate surface area is 165 Å². The van der Waals surface area contributed by atoms with Crippen molar-refractivity contribution in [2.24, 2.45) is 16.1 Å². The summed E-state index contributed by atoms with van der Waals surface area (Å²) in [6, 6.07) is 13.2. The van der Waals surface area contributed by atoms with E-state index in [0.29, 0.717) is 5.75 Å². The number of nitrogens with two attached hydrogens (primary N) is 1. The lowest BCUT2D eigenvalue weighted by Gasteiger charge is -2.19. The Kier molecular flexibility index (Phi) is 6.31. The molecule has 6 nitrogen and oxygen atoms in total. The smallest absolute Gasteiger partial charge is 0.449 e. The predicted molar refractivity (Wildman–Crippen MR) is 103 cm³/mol. The van der Waals surface area contributed by atoms with Gasteiger partial charge in [-0.25, -0.2) is 4.99 Å². The van der Waals surface area contributed by atoms with Crippen molar-refractivity contribution >= 4 is 17.6 Å². The fraction of sp³-hybridized carbons (Fsp3) is 0.250. The summed E-state index contributed by atoms with van der Waals surface area (Å²) in [6.45, 7) is 3.14. The number of alkyl halides is 3. The minimum absolute atomic E-state index is 0.0140. The SMILES string of the molecule is CC(C)(COc1ccc(-c2ccc(C(=N)N=C(N)C(F)(F)F)cc2)cc1)C(=O)O. The third-order valence-electron chi connectivity index (χ3n) is 4.05. The number of amidine groups is 2. The van der Waals surface area contributed by atoms with Gasteiger partial charge in [0.1, 0.15) is 12.4 Å². The molecule has 0 heterocycles. The van der Waals surface area contributed by atoms with Crippen LogP contribution in [0.1, 0.15) is 19.4 Å². The maximum Gasteiger partial charge on any atom is 0.449 e. The van der Waals surface area contributed by atoms with Crippen LogP contribution in [-0.4, -0.2) is 35.5 Å². The molecule has 0 saturated heterocycles. The van der Waals surface area contributed by atoms with Crippen molar-refractivity contribution in [2.75, 3.05) is 6.61 Å². The summed E-state index contributed by atoms with van der Waals surface area (Å²) in [4.78, 5) is 14.2. The molecule has 0 fully saturated rings. The predicted octanol–water partition coefficient (Wildman–Crippen LogP) is 4.09. The van der Waals surface area contributed by atoms with Crippen LogP contribution in [0, 0.1) is 10.8 Å². The number of ether oxygens (including phenoxy) is 1. The van der Waals surface area contributed by atoms with Crippen molar-refractivity contribution in [3.63, 3.8) is 0 Å². The van der Waals surface area contributed by atoms with Gasteiger partial charge in [-0.05, 0) is 37.1 Å². The normalized spacial score (nSPS) is 12.5. The largest absolute Gasteiger partial charge is 0.492 e. The zero-order valence-electron chi connectivity index (χ0n) is 15.7. The maximum absolute atomic E-state index is 12.4. The van der Waals surface area contributed by atoms with Crippen molar-refractivity contribution in [3.8, 4) is 16.9 Å². The van der Waals surface area contributed by atoms with Crippen LogP contribution in [0.25, 0.3) is 11.1 Å². The molecule has 29 heavy (non-hydrogen) atoms. The van der Waals surface area contributed by atoms with Gasteiger partial charge in [-0.1, -0.05) is 36.4 Å². The Balaban J connectivity index is 2.08. The van der Waals surface area contributed by atoms with Gasteiger partial charge in [-0.15, -0.1) is 0 Å². The molecule has 0 bridgehead atoms. The Morgan fingerprint density at radius 3 is 2.00 bits per heavy atom. The first kappa shape index (κ1) is 21.9. The van der Waals surface area contributed by atoms with Gasteiger partial charge >= 0.3 is 12.1 Å². The fourth-order valence-corrected chi connectivity index (χ4v) is 2.14. The third-order valence-corrected chi connectivity index (χ3v) is 4.05. The monoisotopic (exact) mass is 407 g/mol. The van der Waals surface area contributed by atoms with Crippen molar-refractivity contribution in [3.05, 3.63) is 54.1 Å². The quantitative estimate of drug-likeness (QED) is 0.495. The van der Waals surface area contributed by atoms with Gasteiger partial charge in [0.15, 0.2) is 5.84 Å². The van der Waals surface area contributed by atoms with E-state index in [9.17, 15) is 18.0 Å². The number of hydrogen-bond acceptors (Lipinski definition) is 3. The van der Waals surface area contributed by atoms with Gasteiger partial charge in [0, 0.05) is 5.56 Å². The lowest BCUT2D eigenvalue weighted by atomic mass is 9.95. The van der Waals surface area contributed by atoms with Crippen LogP contribution in [0.5, 0.6) is 5.75 Å². The van der Waals surface area contributed by atoms with Crippen LogP contribution in [0.4, 0.5) is 13.2 Å². The molecule has 2 aromatic carbocycles. The van der Waals surface area contributed by atoms with Crippen LogP contribution >= 0.6 is 0 Å². The molecule has 0 spiro atoms. The summed E-state index contributed by atoms with van der Waals surface area (Å²) >= 11 is 0. The van der Waals surface area contributed by atoms with Gasteiger partial charge in [-0.2, -0.15) is 13.2 Å². The van der Waals surface area contributed by atoms with E-state index in [2.05, 4.69) is 4.99 Å². The van der Waals surface area contributed by atoms with Gasteiger partial charge in [0.2, 0.25) is 5.84 Å². The molecule has 0 saturated carbocycles. The Bertz CT molecular complexity index is 919. The van der Waals surface area contributed by atoms with E-state index in [1.54, 1.807) is 50.2 Å². The van der Waals surface area contributed by atoms with E-state index in [4.69, 9.17) is 21.0 Å². The Morgan fingerprint density at radius 2 is 1.55 bits per heavy atom. The number of carbonyl (C=O) groups is 1. The summed E-state index contributed by atoms with van der Waals surface area (Å²) in [6.07, 6.45) is -4.78. The molecule has 0 atom stereocenters. The highest BCUT2D eigenvalue weighted by Gasteiger charge is 2.33. The van der Waals surface area contributed by atoms with Crippen molar-refractivity contribution in [1.82, 2.24) is 0 Å². The van der Waals surface area contributed by atoms with Crippen LogP contribution in [0.15, 0.2) is 53.5 Å². The van der Waals surface area contributed by atoms with Crippen molar-refractivity contribution < 1.29 is 27.8 Å². The molecular weight excluding hydrogens is 387 g/mol. The molecule has 0 radical (unpaired) electrons. The molecule has 2 rings (SSSR count). The molecule has 2 aromatic rings. The molecule has 0 unspecified atom stereocenters. The second-order valence-corrected chi connectivity index (χ2v) is 6.92. The number of benzene rings is 2. The van der Waals surface area contributed by atoms with Crippen molar-refractivity contribution in [2.45, 2.75) is 20.0 Å². The van der Waals surface area contributed by atoms with E-state index < -0.39 is 29.2 Å². The van der Waals surface area contributed by atoms with Crippen LogP contribution in [0.2, 0.25) is 0 Å². The average Bonchev–Trinajstić information content (AvgIpc) is 2.66. The van der Waals surface area contributed by atoms with E-state index in [-0.39, 0.29) is 12.2 Å². The zero-order valence-corrected chi connectivity index (χ0v) is 15.7. The number of carboxylic acid groups (broad SMARTS) is 1. The molecule has 0 aliphatic carbocycles. The first-order chi connectivity index (χ1) is 13.4. The minimum Gasteiger partial charge on any atom is -0.492 e. The highest BCUT2D eigenvalue weighted by Crippen LogP contribution is 2.25. The van der Waals surface area contributed by atoms with Crippen LogP contribution in [0.3, 0.4) is 0 Å². The zero-order chi connectivity index (χ0) is 21.8. The van der Waals surface area contributed by atoms with E-state index in [1.807, 2.05) is 0 Å². The number of carboxylic acids is 1. The first-order valence-electron chi connectivity index (χ1n) is 8.47. The molecule has 0 aliphatic heterocycles. The number of aliphatic imine (C=N–C) groups is 1. The molecule has 9 heteroatoms. The standard InChI is InChI=1S/C20H20F3N3O3/c1-19(2,18(27)28)11-29-15-9-7-13(8-10-15)12-3-5-14(6-4-12)16(24)26-17(25)20(21,22)23/h3-10H,11H2,1-2H3,(H,27,28)(H3,24,25,26). The van der Waals surface area contributed by atoms with E-state index in [0.717, 1.165) is 11.1 Å².